The lowest BCUT2D eigenvalue weighted by molar-refractivity contribution is 0.386. The van der Waals surface area contributed by atoms with Crippen LogP contribution in [0.4, 0.5) is 13.2 Å². The lowest BCUT2D eigenvalue weighted by Crippen LogP contribution is -2.00. The molecule has 2 rings (SSSR count). The maximum absolute atomic E-state index is 13.8. The van der Waals surface area contributed by atoms with E-state index in [-0.39, 0.29) is 15.8 Å². The van der Waals surface area contributed by atoms with Crippen LogP contribution in [0.2, 0.25) is 0 Å². The van der Waals surface area contributed by atoms with Crippen molar-refractivity contribution in [1.29, 1.82) is 0 Å². The molecule has 0 saturated heterocycles. The molecule has 0 N–H and O–H groups in total. The molecule has 0 aromatic heterocycles. The first kappa shape index (κ1) is 15.2. The summed E-state index contributed by atoms with van der Waals surface area (Å²) in [7, 11) is 1.31. The van der Waals surface area contributed by atoms with E-state index >= 15 is 0 Å². The summed E-state index contributed by atoms with van der Waals surface area (Å²) in [6, 6.07) is 5.92. The molecule has 20 heavy (non-hydrogen) atoms. The molecule has 106 valence electrons. The smallest absolute Gasteiger partial charge is 0.165 e. The Morgan fingerprint density at radius 1 is 1.05 bits per heavy atom. The molecular formula is C14H9BrClF3O. The third kappa shape index (κ3) is 2.94. The highest BCUT2D eigenvalue weighted by atomic mass is 79.9. The average Bonchev–Trinajstić information content (AvgIpc) is 2.42. The number of ether oxygens (including phenoxy) is 1. The molecule has 0 fully saturated rings. The van der Waals surface area contributed by atoms with Crippen molar-refractivity contribution in [3.63, 3.8) is 0 Å². The molecule has 0 aliphatic rings. The average molecular weight is 366 g/mol. The molecule has 0 bridgehead atoms. The molecule has 1 unspecified atom stereocenters. The van der Waals surface area contributed by atoms with Crippen molar-refractivity contribution >= 4 is 27.5 Å². The Kier molecular flexibility index (Phi) is 4.60. The second-order valence-corrected chi connectivity index (χ2v) is 5.34. The van der Waals surface area contributed by atoms with Crippen LogP contribution in [0.25, 0.3) is 0 Å². The van der Waals surface area contributed by atoms with Gasteiger partial charge in [-0.1, -0.05) is 6.07 Å². The van der Waals surface area contributed by atoms with Gasteiger partial charge in [-0.15, -0.1) is 11.6 Å². The van der Waals surface area contributed by atoms with Crippen LogP contribution in [0.1, 0.15) is 16.5 Å². The number of hydrogen-bond donors (Lipinski definition) is 0. The third-order valence-corrected chi connectivity index (χ3v) is 3.88. The van der Waals surface area contributed by atoms with Crippen molar-refractivity contribution in [2.24, 2.45) is 0 Å². The summed E-state index contributed by atoms with van der Waals surface area (Å²) in [5.74, 6) is -1.84. The van der Waals surface area contributed by atoms with Crippen LogP contribution in [-0.4, -0.2) is 7.11 Å². The van der Waals surface area contributed by atoms with Gasteiger partial charge < -0.3 is 4.74 Å². The first-order chi connectivity index (χ1) is 9.43. The zero-order valence-electron chi connectivity index (χ0n) is 10.3. The molecule has 0 aliphatic carbocycles. The molecule has 0 spiro atoms. The monoisotopic (exact) mass is 364 g/mol. The first-order valence-electron chi connectivity index (χ1n) is 5.56. The van der Waals surface area contributed by atoms with Crippen LogP contribution in [0.5, 0.6) is 5.75 Å². The van der Waals surface area contributed by atoms with Gasteiger partial charge in [0, 0.05) is 5.56 Å². The lowest BCUT2D eigenvalue weighted by atomic mass is 10.0. The van der Waals surface area contributed by atoms with Crippen molar-refractivity contribution in [1.82, 2.24) is 0 Å². The van der Waals surface area contributed by atoms with E-state index in [2.05, 4.69) is 15.9 Å². The maximum atomic E-state index is 13.8. The highest BCUT2D eigenvalue weighted by molar-refractivity contribution is 9.10. The number of methoxy groups -OCH3 is 1. The van der Waals surface area contributed by atoms with E-state index in [9.17, 15) is 13.2 Å². The fourth-order valence-electron chi connectivity index (χ4n) is 1.75. The molecular weight excluding hydrogens is 357 g/mol. The van der Waals surface area contributed by atoms with Crippen LogP contribution in [0.3, 0.4) is 0 Å². The van der Waals surface area contributed by atoms with Crippen LogP contribution < -0.4 is 4.74 Å². The predicted octanol–water partition coefficient (Wildman–Crippen LogP) is 5.20. The molecule has 0 amide bonds. The molecule has 0 saturated carbocycles. The number of alkyl halides is 1. The number of benzene rings is 2. The van der Waals surface area contributed by atoms with Gasteiger partial charge in [-0.25, -0.2) is 13.2 Å². The topological polar surface area (TPSA) is 9.23 Å². The highest BCUT2D eigenvalue weighted by Gasteiger charge is 2.19. The van der Waals surface area contributed by atoms with Gasteiger partial charge >= 0.3 is 0 Å². The largest absolute Gasteiger partial charge is 0.494 e. The van der Waals surface area contributed by atoms with Gasteiger partial charge in [0.15, 0.2) is 11.6 Å². The van der Waals surface area contributed by atoms with Crippen molar-refractivity contribution < 1.29 is 17.9 Å². The van der Waals surface area contributed by atoms with E-state index in [4.69, 9.17) is 16.3 Å². The number of hydrogen-bond acceptors (Lipinski definition) is 1. The van der Waals surface area contributed by atoms with Crippen molar-refractivity contribution in [2.45, 2.75) is 5.38 Å². The van der Waals surface area contributed by atoms with Gasteiger partial charge in [0.05, 0.1) is 17.0 Å². The van der Waals surface area contributed by atoms with E-state index in [1.807, 2.05) is 0 Å². The molecule has 0 heterocycles. The summed E-state index contributed by atoms with van der Waals surface area (Å²) >= 11 is 9.03. The van der Waals surface area contributed by atoms with E-state index in [1.165, 1.54) is 19.2 Å². The fourth-order valence-corrected chi connectivity index (χ4v) is 2.36. The Balaban J connectivity index is 2.46. The highest BCUT2D eigenvalue weighted by Crippen LogP contribution is 2.35. The normalized spacial score (nSPS) is 12.3. The molecule has 1 atom stereocenters. The molecule has 2 aromatic rings. The Labute approximate surface area is 127 Å². The third-order valence-electron chi connectivity index (χ3n) is 2.78. The van der Waals surface area contributed by atoms with E-state index in [0.717, 1.165) is 18.2 Å². The molecule has 1 nitrogen and oxygen atoms in total. The number of rotatable bonds is 3. The lowest BCUT2D eigenvalue weighted by Gasteiger charge is -2.13. The second-order valence-electron chi connectivity index (χ2n) is 4.04. The van der Waals surface area contributed by atoms with E-state index < -0.39 is 22.8 Å². The molecule has 0 radical (unpaired) electrons. The van der Waals surface area contributed by atoms with Gasteiger partial charge in [-0.2, -0.15) is 0 Å². The minimum absolute atomic E-state index is 0.00820. The quantitative estimate of drug-likeness (QED) is 0.536. The van der Waals surface area contributed by atoms with Gasteiger partial charge in [0.1, 0.15) is 11.6 Å². The fraction of sp³-hybridized carbons (Fsp3) is 0.143. The summed E-state index contributed by atoms with van der Waals surface area (Å²) in [6.07, 6.45) is 0. The summed E-state index contributed by atoms with van der Waals surface area (Å²) in [4.78, 5) is 0. The Morgan fingerprint density at radius 3 is 2.40 bits per heavy atom. The maximum Gasteiger partial charge on any atom is 0.165 e. The summed E-state index contributed by atoms with van der Waals surface area (Å²) in [5, 5.41) is -0.952. The Hall–Kier alpha value is -1.20. The minimum Gasteiger partial charge on any atom is -0.494 e. The van der Waals surface area contributed by atoms with Gasteiger partial charge in [0.25, 0.3) is 0 Å². The van der Waals surface area contributed by atoms with Crippen molar-refractivity contribution in [2.75, 3.05) is 7.11 Å². The Bertz CT molecular complexity index is 649. The van der Waals surface area contributed by atoms with Crippen molar-refractivity contribution in [3.05, 3.63) is 63.4 Å². The summed E-state index contributed by atoms with van der Waals surface area (Å²) in [6.45, 7) is 0. The Morgan fingerprint density at radius 2 is 1.75 bits per heavy atom. The summed E-state index contributed by atoms with van der Waals surface area (Å²) < 4.78 is 45.5. The SMILES string of the molecule is COc1cc(C(Cl)c2cc(F)c(Br)cc2F)ccc1F. The standard InChI is InChI=1S/C14H9BrClF3O/c1-20-13-4-7(2-3-10(13)17)14(16)8-5-12(19)9(15)6-11(8)18/h2-6,14H,1H3. The molecule has 2 aromatic carbocycles. The predicted molar refractivity (Wildman–Crippen MR) is 74.7 cm³/mol. The second kappa shape index (κ2) is 6.06. The summed E-state index contributed by atoms with van der Waals surface area (Å²) in [5.41, 5.74) is 0.381. The van der Waals surface area contributed by atoms with E-state index in [0.29, 0.717) is 5.56 Å². The molecule has 0 aliphatic heterocycles. The van der Waals surface area contributed by atoms with Gasteiger partial charge in [0.2, 0.25) is 0 Å². The first-order valence-corrected chi connectivity index (χ1v) is 6.79. The minimum atomic E-state index is -0.952. The van der Waals surface area contributed by atoms with E-state index in [1.54, 1.807) is 0 Å². The molecule has 6 heteroatoms. The number of halogens is 5. The van der Waals surface area contributed by atoms with Crippen LogP contribution in [-0.2, 0) is 0 Å². The zero-order chi connectivity index (χ0) is 14.9. The van der Waals surface area contributed by atoms with Gasteiger partial charge in [-0.05, 0) is 45.8 Å². The van der Waals surface area contributed by atoms with Crippen LogP contribution in [0, 0.1) is 17.5 Å². The zero-order valence-corrected chi connectivity index (χ0v) is 12.6. The van der Waals surface area contributed by atoms with Crippen LogP contribution >= 0.6 is 27.5 Å². The van der Waals surface area contributed by atoms with Gasteiger partial charge in [-0.3, -0.25) is 0 Å². The van der Waals surface area contributed by atoms with Crippen molar-refractivity contribution in [3.8, 4) is 5.75 Å². The van der Waals surface area contributed by atoms with Crippen LogP contribution in [0.15, 0.2) is 34.8 Å².